The van der Waals surface area contributed by atoms with Gasteiger partial charge in [-0.05, 0) is 31.4 Å². The van der Waals surface area contributed by atoms with Crippen molar-refractivity contribution in [3.05, 3.63) is 18.5 Å². The molecule has 3 nitrogen and oxygen atoms in total. The molecule has 0 radical (unpaired) electrons. The largest absolute Gasteiger partial charge is 0.254 e. The van der Waals surface area contributed by atoms with Crippen LogP contribution in [0.25, 0.3) is 0 Å². The highest BCUT2D eigenvalue weighted by molar-refractivity contribution is 7.97. The summed E-state index contributed by atoms with van der Waals surface area (Å²) in [6.45, 7) is 4.28. The van der Waals surface area contributed by atoms with Crippen LogP contribution in [0.1, 0.15) is 20.3 Å². The molecule has 0 saturated carbocycles. The zero-order chi connectivity index (χ0) is 8.81. The number of hydrogen-bond donors (Lipinski definition) is 1. The summed E-state index contributed by atoms with van der Waals surface area (Å²) < 4.78 is 3.24. The molecule has 1 atom stereocenters. The summed E-state index contributed by atoms with van der Waals surface area (Å²) in [6, 6.07) is 2.31. The van der Waals surface area contributed by atoms with Crippen LogP contribution in [0, 0.1) is 0 Å². The Labute approximate surface area is 77.1 Å². The van der Waals surface area contributed by atoms with Crippen LogP contribution in [0.5, 0.6) is 0 Å². The lowest BCUT2D eigenvalue weighted by atomic mass is 10.3. The smallest absolute Gasteiger partial charge is 0.202 e. The number of rotatable bonds is 4. The molecule has 0 saturated heterocycles. The summed E-state index contributed by atoms with van der Waals surface area (Å²) in [5.74, 6) is 0. The predicted octanol–water partition coefficient (Wildman–Crippen LogP) is 1.87. The van der Waals surface area contributed by atoms with E-state index in [9.17, 15) is 0 Å². The first-order chi connectivity index (χ1) is 5.83. The van der Waals surface area contributed by atoms with Crippen LogP contribution in [-0.2, 0) is 0 Å². The Kier molecular flexibility index (Phi) is 4.04. The molecule has 1 heterocycles. The van der Waals surface area contributed by atoms with Gasteiger partial charge < -0.3 is 0 Å². The minimum atomic E-state index is 0.499. The molecule has 0 aliphatic heterocycles. The maximum Gasteiger partial charge on any atom is 0.202 e. The van der Waals surface area contributed by atoms with E-state index in [1.54, 1.807) is 12.4 Å². The molecule has 0 spiro atoms. The van der Waals surface area contributed by atoms with Crippen LogP contribution < -0.4 is 4.72 Å². The van der Waals surface area contributed by atoms with Crippen molar-refractivity contribution in [3.8, 4) is 0 Å². The molecule has 4 heteroatoms. The Bertz CT molecular complexity index is 215. The van der Waals surface area contributed by atoms with Crippen LogP contribution in [-0.4, -0.2) is 16.0 Å². The van der Waals surface area contributed by atoms with Crippen molar-refractivity contribution < 1.29 is 0 Å². The van der Waals surface area contributed by atoms with Crippen molar-refractivity contribution in [1.29, 1.82) is 0 Å². The molecule has 1 aromatic heterocycles. The van der Waals surface area contributed by atoms with Gasteiger partial charge in [0.2, 0.25) is 5.16 Å². The number of nitrogens with zero attached hydrogens (tertiary/aromatic N) is 2. The first kappa shape index (κ1) is 9.48. The minimum absolute atomic E-state index is 0.499. The average molecular weight is 183 g/mol. The Morgan fingerprint density at radius 2 is 2.17 bits per heavy atom. The third kappa shape index (κ3) is 3.19. The molecular weight excluding hydrogens is 170 g/mol. The molecule has 66 valence electrons. The first-order valence-electron chi connectivity index (χ1n) is 4.02. The van der Waals surface area contributed by atoms with Gasteiger partial charge in [-0.25, -0.2) is 9.97 Å². The molecule has 12 heavy (non-hydrogen) atoms. The molecule has 0 bridgehead atoms. The van der Waals surface area contributed by atoms with Gasteiger partial charge in [0.05, 0.1) is 0 Å². The molecule has 1 rings (SSSR count). The summed E-state index contributed by atoms with van der Waals surface area (Å²) in [5.41, 5.74) is 0. The van der Waals surface area contributed by atoms with Gasteiger partial charge in [-0.15, -0.1) is 0 Å². The minimum Gasteiger partial charge on any atom is -0.254 e. The lowest BCUT2D eigenvalue weighted by molar-refractivity contribution is 0.666. The number of hydrogen-bond acceptors (Lipinski definition) is 4. The zero-order valence-electron chi connectivity index (χ0n) is 7.32. The summed E-state index contributed by atoms with van der Waals surface area (Å²) in [6.07, 6.45) is 4.60. The van der Waals surface area contributed by atoms with Crippen LogP contribution in [0.3, 0.4) is 0 Å². The van der Waals surface area contributed by atoms with E-state index >= 15 is 0 Å². The van der Waals surface area contributed by atoms with E-state index in [2.05, 4.69) is 28.5 Å². The van der Waals surface area contributed by atoms with Gasteiger partial charge >= 0.3 is 0 Å². The van der Waals surface area contributed by atoms with E-state index in [1.807, 2.05) is 6.07 Å². The fraction of sp³-hybridized carbons (Fsp3) is 0.500. The van der Waals surface area contributed by atoms with Crippen molar-refractivity contribution in [3.63, 3.8) is 0 Å². The highest BCUT2D eigenvalue weighted by Crippen LogP contribution is 2.07. The lowest BCUT2D eigenvalue weighted by Crippen LogP contribution is -2.17. The predicted molar refractivity (Wildman–Crippen MR) is 50.8 cm³/mol. The Morgan fingerprint density at radius 3 is 2.75 bits per heavy atom. The van der Waals surface area contributed by atoms with E-state index in [4.69, 9.17) is 0 Å². The van der Waals surface area contributed by atoms with Crippen LogP contribution in [0.15, 0.2) is 23.6 Å². The second-order valence-corrected chi connectivity index (χ2v) is 3.37. The maximum atomic E-state index is 4.07. The van der Waals surface area contributed by atoms with Crippen molar-refractivity contribution >= 4 is 11.9 Å². The van der Waals surface area contributed by atoms with Gasteiger partial charge in [-0.3, -0.25) is 4.72 Å². The first-order valence-corrected chi connectivity index (χ1v) is 4.84. The van der Waals surface area contributed by atoms with Crippen molar-refractivity contribution in [1.82, 2.24) is 14.7 Å². The summed E-state index contributed by atoms with van der Waals surface area (Å²) in [4.78, 5) is 8.15. The second kappa shape index (κ2) is 5.11. The number of aromatic nitrogens is 2. The molecule has 0 aromatic carbocycles. The van der Waals surface area contributed by atoms with Crippen LogP contribution in [0.2, 0.25) is 0 Å². The monoisotopic (exact) mass is 183 g/mol. The average Bonchev–Trinajstić information content (AvgIpc) is 2.16. The van der Waals surface area contributed by atoms with Gasteiger partial charge in [-0.2, -0.15) is 0 Å². The highest BCUT2D eigenvalue weighted by Gasteiger charge is 1.99. The van der Waals surface area contributed by atoms with E-state index in [0.29, 0.717) is 6.04 Å². The molecule has 0 aliphatic carbocycles. The molecular formula is C8H13N3S. The standard InChI is InChI=1S/C8H13N3S/c1-3-7(2)11-12-8-9-5-4-6-10-8/h4-7,11H,3H2,1-2H3. The van der Waals surface area contributed by atoms with Crippen LogP contribution >= 0.6 is 11.9 Å². The van der Waals surface area contributed by atoms with E-state index < -0.39 is 0 Å². The van der Waals surface area contributed by atoms with Crippen molar-refractivity contribution in [2.24, 2.45) is 0 Å². The topological polar surface area (TPSA) is 37.8 Å². The molecule has 0 aliphatic rings. The van der Waals surface area contributed by atoms with Gasteiger partial charge in [0.25, 0.3) is 0 Å². The van der Waals surface area contributed by atoms with E-state index in [1.165, 1.54) is 11.9 Å². The summed E-state index contributed by atoms with van der Waals surface area (Å²) in [7, 11) is 0. The van der Waals surface area contributed by atoms with E-state index in [0.717, 1.165) is 11.6 Å². The van der Waals surface area contributed by atoms with Gasteiger partial charge in [0.15, 0.2) is 0 Å². The molecule has 1 unspecified atom stereocenters. The zero-order valence-corrected chi connectivity index (χ0v) is 8.14. The summed E-state index contributed by atoms with van der Waals surface area (Å²) >= 11 is 1.48. The van der Waals surface area contributed by atoms with Gasteiger partial charge in [0, 0.05) is 18.4 Å². The molecule has 1 N–H and O–H groups in total. The fourth-order valence-corrected chi connectivity index (χ4v) is 1.28. The fourth-order valence-electron chi connectivity index (χ4n) is 0.575. The Morgan fingerprint density at radius 1 is 1.50 bits per heavy atom. The van der Waals surface area contributed by atoms with Crippen molar-refractivity contribution in [2.45, 2.75) is 31.5 Å². The molecule has 1 aromatic rings. The third-order valence-electron chi connectivity index (χ3n) is 1.51. The van der Waals surface area contributed by atoms with Gasteiger partial charge in [0.1, 0.15) is 0 Å². The van der Waals surface area contributed by atoms with Gasteiger partial charge in [-0.1, -0.05) is 6.92 Å². The number of nitrogens with one attached hydrogen (secondary N) is 1. The van der Waals surface area contributed by atoms with Crippen molar-refractivity contribution in [2.75, 3.05) is 0 Å². The normalized spacial score (nSPS) is 12.8. The van der Waals surface area contributed by atoms with Crippen LogP contribution in [0.4, 0.5) is 0 Å². The summed E-state index contributed by atoms with van der Waals surface area (Å²) in [5, 5.41) is 0.776. The second-order valence-electron chi connectivity index (χ2n) is 2.56. The third-order valence-corrected chi connectivity index (χ3v) is 2.42. The lowest BCUT2D eigenvalue weighted by Gasteiger charge is -2.07. The van der Waals surface area contributed by atoms with E-state index in [-0.39, 0.29) is 0 Å². The molecule has 0 fully saturated rings. The quantitative estimate of drug-likeness (QED) is 0.571. The Hall–Kier alpha value is -0.610. The molecule has 0 amide bonds. The SMILES string of the molecule is CCC(C)NSc1ncccn1. The highest BCUT2D eigenvalue weighted by atomic mass is 32.2. The Balaban J connectivity index is 2.33. The maximum absolute atomic E-state index is 4.07.